The summed E-state index contributed by atoms with van der Waals surface area (Å²) in [6.45, 7) is -1.59. The zero-order valence-corrected chi connectivity index (χ0v) is 14.6. The second kappa shape index (κ2) is 6.33. The molecule has 2 aromatic carbocycles. The minimum Gasteiger partial charge on any atom is -0.508 e. The lowest BCUT2D eigenvalue weighted by atomic mass is 9.75. The number of carbonyl (C=O) groups excluding carboxylic acids is 1. The summed E-state index contributed by atoms with van der Waals surface area (Å²) in [6, 6.07) is 5.72. The van der Waals surface area contributed by atoms with Gasteiger partial charge in [0, 0.05) is 21.7 Å². The maximum absolute atomic E-state index is 13.8. The summed E-state index contributed by atoms with van der Waals surface area (Å²) in [7, 11) is 0. The topological polar surface area (TPSA) is 98.1 Å². The molecule has 1 aliphatic rings. The molecule has 0 bridgehead atoms. The van der Waals surface area contributed by atoms with Crippen LogP contribution in [0.5, 0.6) is 5.75 Å². The van der Waals surface area contributed by atoms with Crippen molar-refractivity contribution in [1.82, 2.24) is 0 Å². The molecule has 0 aliphatic carbocycles. The van der Waals surface area contributed by atoms with Gasteiger partial charge in [0.1, 0.15) is 17.7 Å². The smallest absolute Gasteiger partial charge is 0.323 e. The fraction of sp³-hybridized carbons (Fsp3) is 0.176. The molecule has 1 amide bonds. The normalized spacial score (nSPS) is 18.9. The first-order valence-corrected chi connectivity index (χ1v) is 8.15. The average molecular weight is 428 g/mol. The summed E-state index contributed by atoms with van der Waals surface area (Å²) < 4.78 is 27.6. The maximum Gasteiger partial charge on any atom is 0.323 e. The number of amides is 1. The number of fused-ring (bicyclic) bond motifs is 1. The lowest BCUT2D eigenvalue weighted by Gasteiger charge is -2.28. The first kappa shape index (κ1) is 18.3. The standard InChI is InChI=1S/C17H12BrF2NO5/c18-9-2-1-3-12-15(9)17(7-22,16(26)21(12)6-14(24)25)8-4-10(19)11(20)5-13(8)23/h1-5,22-23H,6-7H2,(H,24,25). The number of nitrogens with zero attached hydrogens (tertiary/aromatic N) is 1. The Morgan fingerprint density at radius 1 is 1.23 bits per heavy atom. The maximum atomic E-state index is 13.8. The van der Waals surface area contributed by atoms with E-state index in [0.717, 1.165) is 4.90 Å². The Morgan fingerprint density at radius 2 is 1.88 bits per heavy atom. The second-order valence-electron chi connectivity index (χ2n) is 5.77. The lowest BCUT2D eigenvalue weighted by Crippen LogP contribution is -2.45. The van der Waals surface area contributed by atoms with Crippen molar-refractivity contribution in [3.05, 3.63) is 57.6 Å². The van der Waals surface area contributed by atoms with E-state index < -0.39 is 47.8 Å². The Morgan fingerprint density at radius 3 is 2.50 bits per heavy atom. The highest BCUT2D eigenvalue weighted by Crippen LogP contribution is 2.51. The number of aliphatic hydroxyl groups excluding tert-OH is 1. The molecule has 0 spiro atoms. The molecule has 0 aromatic heterocycles. The summed E-state index contributed by atoms with van der Waals surface area (Å²) >= 11 is 3.25. The Bertz CT molecular complexity index is 936. The van der Waals surface area contributed by atoms with E-state index in [1.54, 1.807) is 12.1 Å². The van der Waals surface area contributed by atoms with Crippen LogP contribution in [0.3, 0.4) is 0 Å². The van der Waals surface area contributed by atoms with Gasteiger partial charge in [-0.3, -0.25) is 14.5 Å². The van der Waals surface area contributed by atoms with Gasteiger partial charge in [-0.2, -0.15) is 0 Å². The van der Waals surface area contributed by atoms with Gasteiger partial charge in [-0.25, -0.2) is 8.78 Å². The van der Waals surface area contributed by atoms with Crippen molar-refractivity contribution in [3.63, 3.8) is 0 Å². The molecule has 1 heterocycles. The highest BCUT2D eigenvalue weighted by Gasteiger charge is 2.54. The minimum absolute atomic E-state index is 0.162. The van der Waals surface area contributed by atoms with Crippen LogP contribution >= 0.6 is 15.9 Å². The van der Waals surface area contributed by atoms with Crippen LogP contribution in [0.4, 0.5) is 14.5 Å². The van der Waals surface area contributed by atoms with E-state index >= 15 is 0 Å². The number of aromatic hydroxyl groups is 1. The predicted octanol–water partition coefficient (Wildman–Crippen LogP) is 2.14. The van der Waals surface area contributed by atoms with Crippen molar-refractivity contribution < 1.29 is 33.7 Å². The Hall–Kier alpha value is -2.52. The van der Waals surface area contributed by atoms with Crippen LogP contribution in [0.15, 0.2) is 34.8 Å². The molecule has 3 N–H and O–H groups in total. The Balaban J connectivity index is 2.36. The van der Waals surface area contributed by atoms with E-state index in [0.29, 0.717) is 16.6 Å². The number of hydrogen-bond acceptors (Lipinski definition) is 4. The van der Waals surface area contributed by atoms with E-state index in [-0.39, 0.29) is 16.8 Å². The molecule has 1 unspecified atom stereocenters. The third-order valence-corrected chi connectivity index (χ3v) is 5.01. The van der Waals surface area contributed by atoms with Crippen LogP contribution in [0.25, 0.3) is 0 Å². The number of rotatable bonds is 4. The SMILES string of the molecule is O=C(O)CN1C(=O)C(CO)(c2cc(F)c(F)cc2O)c2c(Br)cccc21. The van der Waals surface area contributed by atoms with Gasteiger partial charge < -0.3 is 15.3 Å². The highest BCUT2D eigenvalue weighted by atomic mass is 79.9. The number of carboxylic acids is 1. The van der Waals surface area contributed by atoms with Crippen molar-refractivity contribution >= 4 is 33.5 Å². The van der Waals surface area contributed by atoms with Crippen molar-refractivity contribution in [3.8, 4) is 5.75 Å². The first-order chi connectivity index (χ1) is 12.2. The summed E-state index contributed by atoms with van der Waals surface area (Å²) in [4.78, 5) is 25.2. The summed E-state index contributed by atoms with van der Waals surface area (Å²) in [5.41, 5.74) is -1.99. The van der Waals surface area contributed by atoms with Gasteiger partial charge in [0.2, 0.25) is 5.91 Å². The highest BCUT2D eigenvalue weighted by molar-refractivity contribution is 9.10. The van der Waals surface area contributed by atoms with Crippen LogP contribution in [-0.2, 0) is 15.0 Å². The monoisotopic (exact) mass is 427 g/mol. The predicted molar refractivity (Wildman–Crippen MR) is 90.0 cm³/mol. The number of aliphatic hydroxyl groups is 1. The molecule has 1 atom stereocenters. The van der Waals surface area contributed by atoms with Crippen molar-refractivity contribution in [2.45, 2.75) is 5.41 Å². The first-order valence-electron chi connectivity index (χ1n) is 7.36. The number of carbonyl (C=O) groups is 2. The van der Waals surface area contributed by atoms with Gasteiger partial charge in [-0.05, 0) is 18.2 Å². The number of hydrogen-bond donors (Lipinski definition) is 3. The summed E-state index contributed by atoms with van der Waals surface area (Å²) in [5.74, 6) is -5.54. The zero-order valence-electron chi connectivity index (χ0n) is 13.0. The largest absolute Gasteiger partial charge is 0.508 e. The average Bonchev–Trinajstić information content (AvgIpc) is 2.81. The quantitative estimate of drug-likeness (QED) is 0.694. The molecular weight excluding hydrogens is 416 g/mol. The van der Waals surface area contributed by atoms with Crippen LogP contribution in [0, 0.1) is 11.6 Å². The van der Waals surface area contributed by atoms with Gasteiger partial charge >= 0.3 is 5.97 Å². The molecule has 1 aliphatic heterocycles. The van der Waals surface area contributed by atoms with E-state index in [4.69, 9.17) is 5.11 Å². The van der Waals surface area contributed by atoms with E-state index in [2.05, 4.69) is 15.9 Å². The third kappa shape index (κ3) is 2.46. The van der Waals surface area contributed by atoms with Crippen LogP contribution < -0.4 is 4.90 Å². The van der Waals surface area contributed by atoms with Gasteiger partial charge in [0.25, 0.3) is 0 Å². The van der Waals surface area contributed by atoms with Gasteiger partial charge in [-0.1, -0.05) is 22.0 Å². The molecule has 3 rings (SSSR count). The second-order valence-corrected chi connectivity index (χ2v) is 6.62. The zero-order chi connectivity index (χ0) is 19.2. The number of phenols is 1. The molecule has 6 nitrogen and oxygen atoms in total. The van der Waals surface area contributed by atoms with Crippen LogP contribution in [0.1, 0.15) is 11.1 Å². The molecule has 26 heavy (non-hydrogen) atoms. The molecule has 0 radical (unpaired) electrons. The van der Waals surface area contributed by atoms with E-state index in [1.807, 2.05) is 0 Å². The summed E-state index contributed by atoms with van der Waals surface area (Å²) in [5, 5.41) is 29.4. The Labute approximate surface area is 154 Å². The number of carboxylic acid groups (broad SMARTS) is 1. The van der Waals surface area contributed by atoms with E-state index in [1.165, 1.54) is 6.07 Å². The van der Waals surface area contributed by atoms with Crippen molar-refractivity contribution in [1.29, 1.82) is 0 Å². The number of anilines is 1. The number of benzene rings is 2. The van der Waals surface area contributed by atoms with Gasteiger partial charge in [-0.15, -0.1) is 0 Å². The summed E-state index contributed by atoms with van der Waals surface area (Å²) in [6.07, 6.45) is 0. The molecule has 9 heteroatoms. The minimum atomic E-state index is -1.98. The molecule has 0 saturated carbocycles. The molecule has 136 valence electrons. The number of aliphatic carboxylic acids is 1. The third-order valence-electron chi connectivity index (χ3n) is 4.35. The van der Waals surface area contributed by atoms with Crippen molar-refractivity contribution in [2.75, 3.05) is 18.1 Å². The van der Waals surface area contributed by atoms with Crippen LogP contribution in [-0.4, -0.2) is 40.3 Å². The van der Waals surface area contributed by atoms with Gasteiger partial charge in [0.15, 0.2) is 11.6 Å². The van der Waals surface area contributed by atoms with Gasteiger partial charge in [0.05, 0.1) is 12.3 Å². The number of phenolic OH excluding ortho intramolecular Hbond substituents is 1. The molecular formula is C17H12BrF2NO5. The number of halogens is 3. The van der Waals surface area contributed by atoms with Crippen molar-refractivity contribution in [2.24, 2.45) is 0 Å². The fourth-order valence-corrected chi connectivity index (χ4v) is 3.95. The van der Waals surface area contributed by atoms with Crippen LogP contribution in [0.2, 0.25) is 0 Å². The fourth-order valence-electron chi connectivity index (χ4n) is 3.26. The molecule has 0 fully saturated rings. The Kier molecular flexibility index (Phi) is 4.45. The van der Waals surface area contributed by atoms with E-state index in [9.17, 15) is 28.6 Å². The molecule has 2 aromatic rings. The lowest BCUT2D eigenvalue weighted by molar-refractivity contribution is -0.137. The molecule has 0 saturated heterocycles.